The second-order valence-corrected chi connectivity index (χ2v) is 13.3. The zero-order valence-corrected chi connectivity index (χ0v) is 21.8. The molecule has 35 heavy (non-hydrogen) atoms. The minimum Gasteiger partial charge on any atom is -0.354 e. The molecule has 0 radical (unpaired) electrons. The number of carbonyl (C=O) groups excluding carboxylic acids is 1. The quantitative estimate of drug-likeness (QED) is 0.466. The van der Waals surface area contributed by atoms with Crippen molar-refractivity contribution in [2.24, 2.45) is 23.2 Å². The number of sulfonamides is 1. The lowest BCUT2D eigenvalue weighted by atomic mass is 9.49. The van der Waals surface area contributed by atoms with Crippen LogP contribution in [0.4, 0.5) is 10.1 Å². The van der Waals surface area contributed by atoms with Crippen LogP contribution in [0.2, 0.25) is 10.0 Å². The summed E-state index contributed by atoms with van der Waals surface area (Å²) >= 11 is 12.0. The third-order valence-corrected chi connectivity index (χ3v) is 10.4. The van der Waals surface area contributed by atoms with E-state index in [-0.39, 0.29) is 21.0 Å². The lowest BCUT2D eigenvalue weighted by molar-refractivity contribution is -0.124. The van der Waals surface area contributed by atoms with E-state index in [1.165, 1.54) is 62.6 Å². The SMILES string of the molecule is CC(C(=O)NCC12CC3CC(CC(C3)C1)C2)N(c1cc(Cl)ccc1F)S(=O)(=O)c1ccc(Cl)cc1. The van der Waals surface area contributed by atoms with Gasteiger partial charge in [0.2, 0.25) is 5.91 Å². The number of carbonyl (C=O) groups is 1. The Morgan fingerprint density at radius 3 is 2.14 bits per heavy atom. The van der Waals surface area contributed by atoms with Gasteiger partial charge in [0.15, 0.2) is 0 Å². The number of halogens is 3. The number of hydrogen-bond acceptors (Lipinski definition) is 3. The van der Waals surface area contributed by atoms with Gasteiger partial charge in [-0.25, -0.2) is 12.8 Å². The van der Waals surface area contributed by atoms with Gasteiger partial charge in [0.05, 0.1) is 10.6 Å². The maximum Gasteiger partial charge on any atom is 0.265 e. The van der Waals surface area contributed by atoms with E-state index in [2.05, 4.69) is 5.32 Å². The van der Waals surface area contributed by atoms with Crippen LogP contribution in [-0.4, -0.2) is 26.9 Å². The summed E-state index contributed by atoms with van der Waals surface area (Å²) in [6.45, 7) is 2.00. The fraction of sp³-hybridized carbons (Fsp3) is 0.500. The van der Waals surface area contributed by atoms with Gasteiger partial charge < -0.3 is 5.32 Å². The van der Waals surface area contributed by atoms with E-state index < -0.39 is 27.8 Å². The van der Waals surface area contributed by atoms with Crippen LogP contribution in [0.5, 0.6) is 0 Å². The summed E-state index contributed by atoms with van der Waals surface area (Å²) in [6, 6.07) is 8.04. The van der Waals surface area contributed by atoms with Crippen molar-refractivity contribution in [1.82, 2.24) is 5.32 Å². The van der Waals surface area contributed by atoms with Crippen LogP contribution >= 0.6 is 23.2 Å². The van der Waals surface area contributed by atoms with E-state index in [4.69, 9.17) is 23.2 Å². The molecule has 0 saturated heterocycles. The smallest absolute Gasteiger partial charge is 0.265 e. The first-order chi connectivity index (χ1) is 16.6. The van der Waals surface area contributed by atoms with Gasteiger partial charge in [-0.15, -0.1) is 0 Å². The molecule has 4 fully saturated rings. The van der Waals surface area contributed by atoms with E-state index in [0.29, 0.717) is 11.6 Å². The Balaban J connectivity index is 1.42. The molecule has 4 aliphatic rings. The second kappa shape index (κ2) is 9.24. The first-order valence-corrected chi connectivity index (χ1v) is 14.3. The molecule has 1 N–H and O–H groups in total. The van der Waals surface area contributed by atoms with Crippen LogP contribution in [0.15, 0.2) is 47.4 Å². The second-order valence-electron chi connectivity index (χ2n) is 10.7. The van der Waals surface area contributed by atoms with Crippen molar-refractivity contribution in [2.75, 3.05) is 10.8 Å². The Morgan fingerprint density at radius 2 is 1.57 bits per heavy atom. The zero-order chi connectivity index (χ0) is 25.0. The normalized spacial score (nSPS) is 28.1. The predicted octanol–water partition coefficient (Wildman–Crippen LogP) is 6.05. The Morgan fingerprint density at radius 1 is 1.03 bits per heavy atom. The maximum absolute atomic E-state index is 14.9. The summed E-state index contributed by atoms with van der Waals surface area (Å²) in [6.07, 6.45) is 7.23. The Hall–Kier alpha value is -1.83. The lowest BCUT2D eigenvalue weighted by Crippen LogP contribution is -2.54. The largest absolute Gasteiger partial charge is 0.354 e. The van der Waals surface area contributed by atoms with Gasteiger partial charge in [0.1, 0.15) is 11.9 Å². The van der Waals surface area contributed by atoms with Crippen LogP contribution in [0.25, 0.3) is 0 Å². The van der Waals surface area contributed by atoms with Gasteiger partial charge in [0, 0.05) is 16.6 Å². The fourth-order valence-corrected chi connectivity index (χ4v) is 8.87. The summed E-state index contributed by atoms with van der Waals surface area (Å²) in [5.74, 6) is 0.957. The number of nitrogens with zero attached hydrogens (tertiary/aromatic N) is 1. The number of amides is 1. The van der Waals surface area contributed by atoms with E-state index >= 15 is 0 Å². The summed E-state index contributed by atoms with van der Waals surface area (Å²) in [5.41, 5.74) is -0.185. The molecule has 9 heteroatoms. The summed E-state index contributed by atoms with van der Waals surface area (Å²) in [4.78, 5) is 13.3. The number of benzene rings is 2. The summed E-state index contributed by atoms with van der Waals surface area (Å²) in [5, 5.41) is 3.57. The van der Waals surface area contributed by atoms with Crippen molar-refractivity contribution >= 4 is 44.8 Å². The topological polar surface area (TPSA) is 66.5 Å². The van der Waals surface area contributed by atoms with Gasteiger partial charge >= 0.3 is 0 Å². The molecule has 0 aliphatic heterocycles. The van der Waals surface area contributed by atoms with Gasteiger partial charge in [-0.1, -0.05) is 23.2 Å². The minimum absolute atomic E-state index is 0.0886. The molecule has 2 aromatic carbocycles. The Bertz CT molecular complexity index is 1200. The van der Waals surface area contributed by atoms with Crippen LogP contribution in [-0.2, 0) is 14.8 Å². The third-order valence-electron chi connectivity index (χ3n) is 8.05. The standard InChI is InChI=1S/C26H29Cl2FN2O3S/c1-16(25(32)30-15-26-12-17-8-18(13-26)10-19(9-17)14-26)31(24-11-21(28)4-7-23(24)29)35(33,34)22-5-2-20(27)3-6-22/h2-7,11,16-19H,8-10,12-15H2,1H3,(H,30,32). The lowest BCUT2D eigenvalue weighted by Gasteiger charge is -2.57. The highest BCUT2D eigenvalue weighted by Gasteiger charge is 2.51. The van der Waals surface area contributed by atoms with Crippen molar-refractivity contribution in [3.05, 3.63) is 58.3 Å². The fourth-order valence-electron chi connectivity index (χ4n) is 6.96. The molecule has 5 nitrogen and oxygen atoms in total. The van der Waals surface area contributed by atoms with Crippen LogP contribution in [0.3, 0.4) is 0 Å². The first kappa shape index (κ1) is 24.8. The van der Waals surface area contributed by atoms with Gasteiger partial charge in [-0.05, 0) is 111 Å². The molecule has 1 unspecified atom stereocenters. The summed E-state index contributed by atoms with van der Waals surface area (Å²) < 4.78 is 43.1. The Labute approximate surface area is 216 Å². The number of anilines is 1. The molecular weight excluding hydrogens is 510 g/mol. The Kier molecular flexibility index (Phi) is 6.56. The van der Waals surface area contributed by atoms with Crippen molar-refractivity contribution in [3.63, 3.8) is 0 Å². The first-order valence-electron chi connectivity index (χ1n) is 12.1. The maximum atomic E-state index is 14.9. The molecule has 4 saturated carbocycles. The highest BCUT2D eigenvalue weighted by atomic mass is 35.5. The zero-order valence-electron chi connectivity index (χ0n) is 19.5. The molecule has 1 atom stereocenters. The monoisotopic (exact) mass is 538 g/mol. The van der Waals surface area contributed by atoms with Gasteiger partial charge in [0.25, 0.3) is 10.0 Å². The number of hydrogen-bond donors (Lipinski definition) is 1. The van der Waals surface area contributed by atoms with Crippen molar-refractivity contribution in [3.8, 4) is 0 Å². The van der Waals surface area contributed by atoms with Crippen molar-refractivity contribution < 1.29 is 17.6 Å². The number of rotatable bonds is 7. The van der Waals surface area contributed by atoms with Crippen LogP contribution in [0, 0.1) is 29.0 Å². The van der Waals surface area contributed by atoms with Gasteiger partial charge in [-0.3, -0.25) is 9.10 Å². The molecular formula is C26H29Cl2FN2O3S. The van der Waals surface area contributed by atoms with Crippen molar-refractivity contribution in [1.29, 1.82) is 0 Å². The number of nitrogens with one attached hydrogen (secondary N) is 1. The molecule has 1 amide bonds. The van der Waals surface area contributed by atoms with Crippen molar-refractivity contribution in [2.45, 2.75) is 56.4 Å². The highest BCUT2D eigenvalue weighted by molar-refractivity contribution is 7.93. The van der Waals surface area contributed by atoms with Gasteiger partial charge in [-0.2, -0.15) is 0 Å². The molecule has 188 valence electrons. The molecule has 2 aromatic rings. The molecule has 0 heterocycles. The molecule has 4 bridgehead atoms. The van der Waals surface area contributed by atoms with E-state index in [1.54, 1.807) is 0 Å². The van der Waals surface area contributed by atoms with E-state index in [1.807, 2.05) is 0 Å². The van der Waals surface area contributed by atoms with Crippen LogP contribution < -0.4 is 9.62 Å². The molecule has 4 aliphatic carbocycles. The minimum atomic E-state index is -4.30. The average Bonchev–Trinajstić information content (AvgIpc) is 2.79. The highest BCUT2D eigenvalue weighted by Crippen LogP contribution is 2.59. The predicted molar refractivity (Wildman–Crippen MR) is 136 cm³/mol. The molecule has 0 aromatic heterocycles. The van der Waals surface area contributed by atoms with E-state index in [0.717, 1.165) is 47.4 Å². The van der Waals surface area contributed by atoms with E-state index in [9.17, 15) is 17.6 Å². The molecule has 6 rings (SSSR count). The third kappa shape index (κ3) is 4.79. The van der Waals surface area contributed by atoms with Crippen LogP contribution in [0.1, 0.15) is 45.4 Å². The molecule has 0 spiro atoms. The summed E-state index contributed by atoms with van der Waals surface area (Å²) in [7, 11) is -4.30. The average molecular weight is 540 g/mol.